The lowest BCUT2D eigenvalue weighted by molar-refractivity contribution is 0.0171. The normalized spacial score (nSPS) is 19.6. The summed E-state index contributed by atoms with van der Waals surface area (Å²) >= 11 is 1.66. The minimum Gasteiger partial charge on any atom is -0.390 e. The zero-order valence-electron chi connectivity index (χ0n) is 9.26. The van der Waals surface area contributed by atoms with E-state index in [0.29, 0.717) is 6.54 Å². The number of aliphatic hydroxyl groups excluding tert-OH is 1. The summed E-state index contributed by atoms with van der Waals surface area (Å²) in [5.41, 5.74) is 1.09. The topological polar surface area (TPSA) is 44.7 Å². The van der Waals surface area contributed by atoms with E-state index >= 15 is 0 Å². The first kappa shape index (κ1) is 11.9. The van der Waals surface area contributed by atoms with E-state index in [9.17, 15) is 5.11 Å². The number of nitrogens with zero attached hydrogens (tertiary/aromatic N) is 1. The predicted octanol–water partition coefficient (Wildman–Crippen LogP) is 0.853. The lowest BCUT2D eigenvalue weighted by atomic mass is 10.3. The Hall–Kier alpha value is -0.620. The van der Waals surface area contributed by atoms with Crippen LogP contribution in [0.5, 0.6) is 0 Å². The van der Waals surface area contributed by atoms with Gasteiger partial charge < -0.3 is 15.2 Å². The van der Waals surface area contributed by atoms with Gasteiger partial charge in [0.15, 0.2) is 0 Å². The summed E-state index contributed by atoms with van der Waals surface area (Å²) in [6.07, 6.45) is -0.321. The fourth-order valence-electron chi connectivity index (χ4n) is 1.75. The molecule has 1 aromatic rings. The van der Waals surface area contributed by atoms with Crippen molar-refractivity contribution in [2.24, 2.45) is 0 Å². The third-order valence-corrected chi connectivity index (χ3v) is 3.32. The monoisotopic (exact) mass is 242 g/mol. The van der Waals surface area contributed by atoms with Crippen LogP contribution in [0.25, 0.3) is 0 Å². The third-order valence-electron chi connectivity index (χ3n) is 2.64. The number of morpholine rings is 1. The van der Waals surface area contributed by atoms with Crippen LogP contribution >= 0.6 is 11.3 Å². The van der Waals surface area contributed by atoms with Gasteiger partial charge in [0.1, 0.15) is 0 Å². The highest BCUT2D eigenvalue weighted by Crippen LogP contribution is 2.11. The summed E-state index contributed by atoms with van der Waals surface area (Å²) in [6, 6.07) is 2.02. The first-order chi connectivity index (χ1) is 7.84. The molecule has 1 saturated heterocycles. The smallest absolute Gasteiger partial charge is 0.0839 e. The minimum atomic E-state index is -0.321. The molecule has 0 amide bonds. The first-order valence-corrected chi connectivity index (χ1v) is 6.53. The van der Waals surface area contributed by atoms with Gasteiger partial charge in [-0.3, -0.25) is 4.90 Å². The van der Waals surface area contributed by atoms with Crippen molar-refractivity contribution < 1.29 is 9.84 Å². The zero-order chi connectivity index (χ0) is 11.2. The Kier molecular flexibility index (Phi) is 4.59. The zero-order valence-corrected chi connectivity index (χ0v) is 10.1. The molecular formula is C11H18N2O2S. The maximum Gasteiger partial charge on any atom is 0.0839 e. The standard InChI is InChI=1S/C11H18N2O2S/c14-11(7-12-10-1-6-16-9-10)8-13-2-4-15-5-3-13/h1,6,9,11-12,14H,2-5,7-8H2. The summed E-state index contributed by atoms with van der Waals surface area (Å²) in [5, 5.41) is 17.1. The van der Waals surface area contributed by atoms with Gasteiger partial charge in [-0.05, 0) is 11.4 Å². The van der Waals surface area contributed by atoms with Crippen molar-refractivity contribution in [2.75, 3.05) is 44.7 Å². The molecule has 2 N–H and O–H groups in total. The predicted molar refractivity (Wildman–Crippen MR) is 66.1 cm³/mol. The molecule has 0 radical (unpaired) electrons. The van der Waals surface area contributed by atoms with Crippen LogP contribution in [0, 0.1) is 0 Å². The van der Waals surface area contributed by atoms with Gasteiger partial charge in [-0.25, -0.2) is 0 Å². The van der Waals surface area contributed by atoms with E-state index in [1.54, 1.807) is 11.3 Å². The number of hydrogen-bond acceptors (Lipinski definition) is 5. The average molecular weight is 242 g/mol. The Labute approximate surface area is 99.8 Å². The highest BCUT2D eigenvalue weighted by molar-refractivity contribution is 7.08. The minimum absolute atomic E-state index is 0.321. The largest absolute Gasteiger partial charge is 0.390 e. The van der Waals surface area contributed by atoms with E-state index < -0.39 is 0 Å². The van der Waals surface area contributed by atoms with Crippen LogP contribution in [0.4, 0.5) is 5.69 Å². The molecule has 1 aromatic heterocycles. The van der Waals surface area contributed by atoms with Gasteiger partial charge in [0.25, 0.3) is 0 Å². The molecule has 1 aliphatic rings. The van der Waals surface area contributed by atoms with E-state index in [-0.39, 0.29) is 6.10 Å². The number of thiophene rings is 1. The molecular weight excluding hydrogens is 224 g/mol. The van der Waals surface area contributed by atoms with E-state index in [1.807, 2.05) is 16.8 Å². The summed E-state index contributed by atoms with van der Waals surface area (Å²) in [4.78, 5) is 2.24. The summed E-state index contributed by atoms with van der Waals surface area (Å²) in [5.74, 6) is 0. The Morgan fingerprint density at radius 1 is 1.50 bits per heavy atom. The fourth-order valence-corrected chi connectivity index (χ4v) is 2.36. The number of ether oxygens (including phenoxy) is 1. The average Bonchev–Trinajstić information content (AvgIpc) is 2.81. The maximum atomic E-state index is 9.86. The molecule has 1 unspecified atom stereocenters. The summed E-state index contributed by atoms with van der Waals surface area (Å²) in [7, 11) is 0. The number of anilines is 1. The van der Waals surface area contributed by atoms with E-state index in [0.717, 1.165) is 38.5 Å². The van der Waals surface area contributed by atoms with E-state index in [1.165, 1.54) is 0 Å². The first-order valence-electron chi connectivity index (χ1n) is 5.59. The Morgan fingerprint density at radius 3 is 3.00 bits per heavy atom. The highest BCUT2D eigenvalue weighted by atomic mass is 32.1. The van der Waals surface area contributed by atoms with Gasteiger partial charge >= 0.3 is 0 Å². The molecule has 0 spiro atoms. The van der Waals surface area contributed by atoms with Gasteiger partial charge in [0.2, 0.25) is 0 Å². The Bertz CT molecular complexity index is 286. The second-order valence-corrected chi connectivity index (χ2v) is 4.74. The molecule has 0 aromatic carbocycles. The van der Waals surface area contributed by atoms with Crippen molar-refractivity contribution in [3.8, 4) is 0 Å². The molecule has 2 rings (SSSR count). The van der Waals surface area contributed by atoms with Gasteiger partial charge in [-0.2, -0.15) is 11.3 Å². The van der Waals surface area contributed by atoms with Crippen LogP contribution in [-0.2, 0) is 4.74 Å². The quantitative estimate of drug-likeness (QED) is 0.803. The van der Waals surface area contributed by atoms with Gasteiger partial charge in [-0.1, -0.05) is 0 Å². The molecule has 0 bridgehead atoms. The number of aliphatic hydroxyl groups is 1. The van der Waals surface area contributed by atoms with Crippen molar-refractivity contribution in [3.63, 3.8) is 0 Å². The van der Waals surface area contributed by atoms with Gasteiger partial charge in [0, 0.05) is 37.2 Å². The van der Waals surface area contributed by atoms with Crippen molar-refractivity contribution in [2.45, 2.75) is 6.10 Å². The molecule has 1 atom stereocenters. The van der Waals surface area contributed by atoms with Crippen LogP contribution < -0.4 is 5.32 Å². The third kappa shape index (κ3) is 3.75. The highest BCUT2D eigenvalue weighted by Gasteiger charge is 2.14. The number of nitrogens with one attached hydrogen (secondary N) is 1. The van der Waals surface area contributed by atoms with E-state index in [2.05, 4.69) is 10.2 Å². The van der Waals surface area contributed by atoms with Gasteiger partial charge in [0.05, 0.1) is 19.3 Å². The number of β-amino-alcohol motifs (C(OH)–C–C–N with tert-alkyl or cyclic N) is 1. The summed E-state index contributed by atoms with van der Waals surface area (Å²) < 4.78 is 5.26. The second kappa shape index (κ2) is 6.20. The molecule has 4 nitrogen and oxygen atoms in total. The second-order valence-electron chi connectivity index (χ2n) is 3.96. The fraction of sp³-hybridized carbons (Fsp3) is 0.636. The van der Waals surface area contributed by atoms with Crippen molar-refractivity contribution in [1.82, 2.24) is 4.90 Å². The Balaban J connectivity index is 1.65. The van der Waals surface area contributed by atoms with Crippen LogP contribution in [0.1, 0.15) is 0 Å². The SMILES string of the molecule is OC(CNc1ccsc1)CN1CCOCC1. The van der Waals surface area contributed by atoms with Crippen molar-refractivity contribution in [3.05, 3.63) is 16.8 Å². The van der Waals surface area contributed by atoms with Crippen LogP contribution in [0.2, 0.25) is 0 Å². The maximum absolute atomic E-state index is 9.86. The molecule has 90 valence electrons. The van der Waals surface area contributed by atoms with E-state index in [4.69, 9.17) is 4.74 Å². The van der Waals surface area contributed by atoms with Crippen LogP contribution in [-0.4, -0.2) is 55.5 Å². The number of hydrogen-bond donors (Lipinski definition) is 2. The molecule has 0 aliphatic carbocycles. The Morgan fingerprint density at radius 2 is 2.31 bits per heavy atom. The van der Waals surface area contributed by atoms with Gasteiger partial charge in [-0.15, -0.1) is 0 Å². The molecule has 1 aliphatic heterocycles. The molecule has 1 fully saturated rings. The molecule has 5 heteroatoms. The van der Waals surface area contributed by atoms with Crippen molar-refractivity contribution >= 4 is 17.0 Å². The lowest BCUT2D eigenvalue weighted by Crippen LogP contribution is -2.42. The van der Waals surface area contributed by atoms with Crippen LogP contribution in [0.3, 0.4) is 0 Å². The molecule has 2 heterocycles. The number of rotatable bonds is 5. The molecule has 16 heavy (non-hydrogen) atoms. The molecule has 0 saturated carbocycles. The van der Waals surface area contributed by atoms with Crippen molar-refractivity contribution in [1.29, 1.82) is 0 Å². The van der Waals surface area contributed by atoms with Crippen LogP contribution in [0.15, 0.2) is 16.8 Å². The summed E-state index contributed by atoms with van der Waals surface area (Å²) in [6.45, 7) is 4.75. The lowest BCUT2D eigenvalue weighted by Gasteiger charge is -2.28.